The first-order chi connectivity index (χ1) is 7.96. The Morgan fingerprint density at radius 2 is 1.65 bits per heavy atom. The van der Waals surface area contributed by atoms with Crippen molar-refractivity contribution in [2.45, 2.75) is 37.4 Å². The van der Waals surface area contributed by atoms with Crippen LogP contribution in [0.4, 0.5) is 13.2 Å². The molecule has 1 aromatic rings. The molecule has 17 heavy (non-hydrogen) atoms. The lowest BCUT2D eigenvalue weighted by molar-refractivity contribution is -0.0735. The minimum Gasteiger partial charge on any atom is -0.387 e. The van der Waals surface area contributed by atoms with E-state index in [0.717, 1.165) is 25.0 Å². The highest BCUT2D eigenvalue weighted by Gasteiger charge is 2.41. The number of aliphatic hydroxyl groups excluding tert-OH is 1. The minimum absolute atomic E-state index is 0.326. The zero-order valence-electron chi connectivity index (χ0n) is 9.09. The van der Waals surface area contributed by atoms with E-state index in [1.165, 1.54) is 0 Å². The molecule has 1 fully saturated rings. The molecule has 0 radical (unpaired) electrons. The molecule has 1 aliphatic carbocycles. The molecule has 5 heteroatoms. The van der Waals surface area contributed by atoms with E-state index >= 15 is 0 Å². The standard InChI is InChI=1S/C12H13F3O2/c13-8-4-3-7(9(14)10(8)15)11(16)12(17)5-1-2-6-12/h3-4,11,16-17H,1-2,5-6H2. The summed E-state index contributed by atoms with van der Waals surface area (Å²) in [6.45, 7) is 0. The molecule has 0 amide bonds. The SMILES string of the molecule is OC(c1ccc(F)c(F)c1F)C1(O)CCCC1. The topological polar surface area (TPSA) is 40.5 Å². The second-order valence-corrected chi connectivity index (χ2v) is 4.48. The van der Waals surface area contributed by atoms with Crippen LogP contribution in [0.5, 0.6) is 0 Å². The first-order valence-electron chi connectivity index (χ1n) is 5.49. The zero-order chi connectivity index (χ0) is 12.6. The fraction of sp³-hybridized carbons (Fsp3) is 0.500. The van der Waals surface area contributed by atoms with Crippen molar-refractivity contribution in [2.75, 3.05) is 0 Å². The fourth-order valence-corrected chi connectivity index (χ4v) is 2.30. The number of aliphatic hydroxyl groups is 2. The van der Waals surface area contributed by atoms with Gasteiger partial charge in [-0.05, 0) is 18.9 Å². The predicted molar refractivity (Wildman–Crippen MR) is 54.7 cm³/mol. The van der Waals surface area contributed by atoms with Gasteiger partial charge in [0.1, 0.15) is 6.10 Å². The van der Waals surface area contributed by atoms with Crippen molar-refractivity contribution in [2.24, 2.45) is 0 Å². The molecule has 1 aromatic carbocycles. The van der Waals surface area contributed by atoms with Gasteiger partial charge in [0, 0.05) is 5.56 Å². The Kier molecular flexibility index (Phi) is 3.14. The third-order valence-corrected chi connectivity index (χ3v) is 3.34. The summed E-state index contributed by atoms with van der Waals surface area (Å²) < 4.78 is 39.2. The Morgan fingerprint density at radius 1 is 1.06 bits per heavy atom. The third kappa shape index (κ3) is 2.05. The summed E-state index contributed by atoms with van der Waals surface area (Å²) in [6, 6.07) is 1.71. The lowest BCUT2D eigenvalue weighted by Crippen LogP contribution is -2.33. The van der Waals surface area contributed by atoms with Crippen LogP contribution in [0.15, 0.2) is 12.1 Å². The van der Waals surface area contributed by atoms with E-state index in [-0.39, 0.29) is 0 Å². The maximum absolute atomic E-state index is 13.5. The van der Waals surface area contributed by atoms with E-state index in [4.69, 9.17) is 0 Å². The van der Waals surface area contributed by atoms with Crippen LogP contribution in [-0.4, -0.2) is 15.8 Å². The smallest absolute Gasteiger partial charge is 0.194 e. The van der Waals surface area contributed by atoms with Gasteiger partial charge in [-0.15, -0.1) is 0 Å². The van der Waals surface area contributed by atoms with E-state index in [9.17, 15) is 23.4 Å². The first kappa shape index (κ1) is 12.4. The van der Waals surface area contributed by atoms with Crippen molar-refractivity contribution in [1.82, 2.24) is 0 Å². The molecule has 1 atom stereocenters. The molecule has 1 unspecified atom stereocenters. The number of hydrogen-bond acceptors (Lipinski definition) is 2. The molecule has 0 aromatic heterocycles. The quantitative estimate of drug-likeness (QED) is 0.787. The van der Waals surface area contributed by atoms with Crippen LogP contribution in [-0.2, 0) is 0 Å². The van der Waals surface area contributed by atoms with Gasteiger partial charge in [-0.3, -0.25) is 0 Å². The monoisotopic (exact) mass is 246 g/mol. The highest BCUT2D eigenvalue weighted by atomic mass is 19.2. The normalized spacial score (nSPS) is 20.5. The van der Waals surface area contributed by atoms with Gasteiger partial charge in [-0.2, -0.15) is 0 Å². The van der Waals surface area contributed by atoms with Gasteiger partial charge in [0.25, 0.3) is 0 Å². The Balaban J connectivity index is 2.37. The summed E-state index contributed by atoms with van der Waals surface area (Å²) in [7, 11) is 0. The summed E-state index contributed by atoms with van der Waals surface area (Å²) in [5.74, 6) is -4.36. The van der Waals surface area contributed by atoms with Gasteiger partial charge >= 0.3 is 0 Å². The highest BCUT2D eigenvalue weighted by molar-refractivity contribution is 5.25. The van der Waals surface area contributed by atoms with E-state index in [1.807, 2.05) is 0 Å². The van der Waals surface area contributed by atoms with E-state index in [1.54, 1.807) is 0 Å². The van der Waals surface area contributed by atoms with Crippen LogP contribution < -0.4 is 0 Å². The average Bonchev–Trinajstić information content (AvgIpc) is 2.74. The molecule has 0 spiro atoms. The Bertz CT molecular complexity index is 428. The molecular formula is C12H13F3O2. The summed E-state index contributed by atoms with van der Waals surface area (Å²) in [4.78, 5) is 0. The van der Waals surface area contributed by atoms with Crippen LogP contribution in [0.3, 0.4) is 0 Å². The van der Waals surface area contributed by atoms with E-state index < -0.39 is 34.7 Å². The molecule has 1 saturated carbocycles. The van der Waals surface area contributed by atoms with Gasteiger partial charge in [-0.1, -0.05) is 18.9 Å². The van der Waals surface area contributed by atoms with E-state index in [2.05, 4.69) is 0 Å². The summed E-state index contributed by atoms with van der Waals surface area (Å²) in [5.41, 5.74) is -1.83. The van der Waals surface area contributed by atoms with Crippen molar-refractivity contribution < 1.29 is 23.4 Å². The Labute approximate surface area is 96.7 Å². The summed E-state index contributed by atoms with van der Waals surface area (Å²) in [5, 5.41) is 20.0. The van der Waals surface area contributed by atoms with Gasteiger partial charge in [0.05, 0.1) is 5.60 Å². The largest absolute Gasteiger partial charge is 0.387 e. The molecule has 2 rings (SSSR count). The number of halogens is 3. The highest BCUT2D eigenvalue weighted by Crippen LogP contribution is 2.40. The molecule has 0 bridgehead atoms. The number of rotatable bonds is 2. The van der Waals surface area contributed by atoms with Crippen molar-refractivity contribution >= 4 is 0 Å². The molecule has 0 heterocycles. The second kappa shape index (κ2) is 4.31. The van der Waals surface area contributed by atoms with Crippen LogP contribution >= 0.6 is 0 Å². The maximum atomic E-state index is 13.5. The van der Waals surface area contributed by atoms with Crippen LogP contribution in [0.25, 0.3) is 0 Å². The van der Waals surface area contributed by atoms with Crippen molar-refractivity contribution in [1.29, 1.82) is 0 Å². The summed E-state index contributed by atoms with van der Waals surface area (Å²) >= 11 is 0. The molecule has 0 aliphatic heterocycles. The van der Waals surface area contributed by atoms with E-state index in [0.29, 0.717) is 12.8 Å². The van der Waals surface area contributed by atoms with Crippen LogP contribution in [0, 0.1) is 17.5 Å². The fourth-order valence-electron chi connectivity index (χ4n) is 2.30. The maximum Gasteiger partial charge on any atom is 0.194 e. The average molecular weight is 246 g/mol. The van der Waals surface area contributed by atoms with Crippen molar-refractivity contribution in [3.63, 3.8) is 0 Å². The minimum atomic E-state index is -1.62. The molecule has 94 valence electrons. The van der Waals surface area contributed by atoms with Crippen molar-refractivity contribution in [3.8, 4) is 0 Å². The van der Waals surface area contributed by atoms with Gasteiger partial charge in [0.2, 0.25) is 0 Å². The molecule has 1 aliphatic rings. The van der Waals surface area contributed by atoms with Gasteiger partial charge < -0.3 is 10.2 Å². The summed E-state index contributed by atoms with van der Waals surface area (Å²) in [6.07, 6.45) is 0.566. The zero-order valence-corrected chi connectivity index (χ0v) is 9.09. The number of benzene rings is 1. The van der Waals surface area contributed by atoms with Gasteiger partial charge in [-0.25, -0.2) is 13.2 Å². The number of hydrogen-bond donors (Lipinski definition) is 2. The first-order valence-corrected chi connectivity index (χ1v) is 5.49. The van der Waals surface area contributed by atoms with Crippen LogP contribution in [0.2, 0.25) is 0 Å². The lowest BCUT2D eigenvalue weighted by Gasteiger charge is -2.29. The predicted octanol–water partition coefficient (Wildman–Crippen LogP) is 2.44. The molecule has 0 saturated heterocycles. The van der Waals surface area contributed by atoms with Crippen molar-refractivity contribution in [3.05, 3.63) is 35.1 Å². The Hall–Kier alpha value is -1.07. The van der Waals surface area contributed by atoms with Gasteiger partial charge in [0.15, 0.2) is 17.5 Å². The molecule has 2 N–H and O–H groups in total. The Morgan fingerprint density at radius 3 is 2.24 bits per heavy atom. The third-order valence-electron chi connectivity index (χ3n) is 3.34. The second-order valence-electron chi connectivity index (χ2n) is 4.48. The molecule has 2 nitrogen and oxygen atoms in total. The van der Waals surface area contributed by atoms with Crippen LogP contribution in [0.1, 0.15) is 37.4 Å². The lowest BCUT2D eigenvalue weighted by atomic mass is 9.89. The molecular weight excluding hydrogens is 233 g/mol.